The number of hydrogen-bond acceptors (Lipinski definition) is 2. The van der Waals surface area contributed by atoms with Gasteiger partial charge in [-0.05, 0) is 24.8 Å². The summed E-state index contributed by atoms with van der Waals surface area (Å²) in [5.74, 6) is 0.706. The highest BCUT2D eigenvalue weighted by atomic mass is 16.2. The largest absolute Gasteiger partial charge is 0.342 e. The molecule has 1 aliphatic heterocycles. The summed E-state index contributed by atoms with van der Waals surface area (Å²) in [4.78, 5) is 26.5. The number of nitrogens with zero attached hydrogens (tertiary/aromatic N) is 1. The van der Waals surface area contributed by atoms with Crippen molar-refractivity contribution in [3.8, 4) is 0 Å². The molecule has 0 spiro atoms. The Morgan fingerprint density at radius 2 is 1.90 bits per heavy atom. The van der Waals surface area contributed by atoms with Crippen molar-refractivity contribution in [1.29, 1.82) is 0 Å². The molecule has 0 aromatic heterocycles. The maximum atomic E-state index is 12.4. The van der Waals surface area contributed by atoms with Crippen LogP contribution in [0.2, 0.25) is 0 Å². The van der Waals surface area contributed by atoms with Crippen LogP contribution < -0.4 is 5.32 Å². The minimum Gasteiger partial charge on any atom is -0.342 e. The van der Waals surface area contributed by atoms with E-state index in [0.717, 1.165) is 17.9 Å². The van der Waals surface area contributed by atoms with Crippen LogP contribution in [-0.2, 0) is 9.59 Å². The first-order valence-electron chi connectivity index (χ1n) is 7.32. The number of piperazine rings is 1. The molecule has 1 N–H and O–H groups in total. The molecular formula is C16H20N2O2. The molecule has 4 heteroatoms. The van der Waals surface area contributed by atoms with Crippen molar-refractivity contribution in [3.63, 3.8) is 0 Å². The lowest BCUT2D eigenvalue weighted by molar-refractivity contribution is -0.149. The Kier molecular flexibility index (Phi) is 3.47. The first-order chi connectivity index (χ1) is 9.66. The number of nitrogens with one attached hydrogen (secondary N) is 1. The molecular weight excluding hydrogens is 252 g/mol. The molecule has 1 saturated carbocycles. The van der Waals surface area contributed by atoms with E-state index in [1.165, 1.54) is 12.8 Å². The van der Waals surface area contributed by atoms with Gasteiger partial charge in [0.25, 0.3) is 0 Å². The van der Waals surface area contributed by atoms with E-state index in [1.54, 1.807) is 11.8 Å². The van der Waals surface area contributed by atoms with Gasteiger partial charge in [-0.25, -0.2) is 0 Å². The second kappa shape index (κ2) is 5.27. The van der Waals surface area contributed by atoms with Gasteiger partial charge in [-0.15, -0.1) is 0 Å². The van der Waals surface area contributed by atoms with Crippen molar-refractivity contribution in [2.24, 2.45) is 5.92 Å². The predicted molar refractivity (Wildman–Crippen MR) is 75.8 cm³/mol. The van der Waals surface area contributed by atoms with Crippen LogP contribution >= 0.6 is 0 Å². The van der Waals surface area contributed by atoms with E-state index >= 15 is 0 Å². The quantitative estimate of drug-likeness (QED) is 0.909. The third kappa shape index (κ3) is 2.55. The first kappa shape index (κ1) is 13.2. The molecule has 1 aromatic rings. The maximum absolute atomic E-state index is 12.4. The minimum atomic E-state index is -0.473. The van der Waals surface area contributed by atoms with Crippen LogP contribution in [0.5, 0.6) is 0 Å². The number of hydrogen-bond donors (Lipinski definition) is 1. The molecule has 1 heterocycles. The van der Waals surface area contributed by atoms with Gasteiger partial charge < -0.3 is 10.2 Å². The van der Waals surface area contributed by atoms with Crippen LogP contribution in [0.25, 0.3) is 0 Å². The van der Waals surface area contributed by atoms with Crippen LogP contribution in [0.3, 0.4) is 0 Å². The van der Waals surface area contributed by atoms with Crippen LogP contribution in [-0.4, -0.2) is 29.3 Å². The molecule has 3 rings (SSSR count). The first-order valence-corrected chi connectivity index (χ1v) is 7.32. The molecule has 1 aromatic carbocycles. The predicted octanol–water partition coefficient (Wildman–Crippen LogP) is 1.87. The summed E-state index contributed by atoms with van der Waals surface area (Å²) in [6.45, 7) is 2.44. The van der Waals surface area contributed by atoms with Crippen molar-refractivity contribution in [2.45, 2.75) is 38.3 Å². The van der Waals surface area contributed by atoms with Gasteiger partial charge >= 0.3 is 0 Å². The SMILES string of the molecule is CC1NC(=O)C(c2ccccc2)N(CCC2CC2)C1=O. The van der Waals surface area contributed by atoms with Gasteiger partial charge in [0.05, 0.1) is 0 Å². The minimum absolute atomic E-state index is 0.0269. The molecule has 1 aliphatic carbocycles. The second-order valence-electron chi connectivity index (χ2n) is 5.81. The summed E-state index contributed by atoms with van der Waals surface area (Å²) in [5.41, 5.74) is 0.890. The van der Waals surface area contributed by atoms with E-state index in [0.29, 0.717) is 6.54 Å². The molecule has 0 bridgehead atoms. The monoisotopic (exact) mass is 272 g/mol. The molecule has 106 valence electrons. The summed E-state index contributed by atoms with van der Waals surface area (Å²) in [6.07, 6.45) is 3.54. The third-order valence-corrected chi connectivity index (χ3v) is 4.16. The summed E-state index contributed by atoms with van der Waals surface area (Å²) in [6, 6.07) is 8.67. The molecule has 20 heavy (non-hydrogen) atoms. The molecule has 0 radical (unpaired) electrons. The zero-order valence-electron chi connectivity index (χ0n) is 11.7. The molecule has 2 unspecified atom stereocenters. The van der Waals surface area contributed by atoms with Crippen molar-refractivity contribution < 1.29 is 9.59 Å². The summed E-state index contributed by atoms with van der Waals surface area (Å²) >= 11 is 0. The van der Waals surface area contributed by atoms with Crippen LogP contribution in [0, 0.1) is 5.92 Å². The molecule has 1 saturated heterocycles. The Hall–Kier alpha value is -1.84. The lowest BCUT2D eigenvalue weighted by atomic mass is 9.99. The summed E-state index contributed by atoms with van der Waals surface area (Å²) in [5, 5.41) is 2.78. The zero-order valence-corrected chi connectivity index (χ0v) is 11.7. The molecule has 2 amide bonds. The van der Waals surface area contributed by atoms with Crippen molar-refractivity contribution in [3.05, 3.63) is 35.9 Å². The van der Waals surface area contributed by atoms with E-state index in [9.17, 15) is 9.59 Å². The maximum Gasteiger partial charge on any atom is 0.248 e. The van der Waals surface area contributed by atoms with E-state index in [4.69, 9.17) is 0 Å². The Morgan fingerprint density at radius 1 is 1.20 bits per heavy atom. The molecule has 4 nitrogen and oxygen atoms in total. The number of carbonyl (C=O) groups excluding carboxylic acids is 2. The fourth-order valence-electron chi connectivity index (χ4n) is 2.81. The van der Waals surface area contributed by atoms with Gasteiger partial charge in [0.2, 0.25) is 11.8 Å². The molecule has 2 atom stereocenters. The van der Waals surface area contributed by atoms with Gasteiger partial charge in [-0.2, -0.15) is 0 Å². The lowest BCUT2D eigenvalue weighted by Crippen LogP contribution is -2.58. The average Bonchev–Trinajstić information content (AvgIpc) is 3.26. The standard InChI is InChI=1S/C16H20N2O2/c1-11-16(20)18(10-9-12-7-8-12)14(15(19)17-11)13-5-3-2-4-6-13/h2-6,11-12,14H,7-10H2,1H3,(H,17,19). The van der Waals surface area contributed by atoms with Gasteiger partial charge in [0, 0.05) is 6.54 Å². The van der Waals surface area contributed by atoms with Crippen LogP contribution in [0.4, 0.5) is 0 Å². The highest BCUT2D eigenvalue weighted by molar-refractivity contribution is 5.97. The van der Waals surface area contributed by atoms with Crippen molar-refractivity contribution in [1.82, 2.24) is 10.2 Å². The van der Waals surface area contributed by atoms with E-state index in [2.05, 4.69) is 5.32 Å². The summed E-state index contributed by atoms with van der Waals surface area (Å²) in [7, 11) is 0. The number of amides is 2. The lowest BCUT2D eigenvalue weighted by Gasteiger charge is -2.38. The fraction of sp³-hybridized carbons (Fsp3) is 0.500. The topological polar surface area (TPSA) is 49.4 Å². The van der Waals surface area contributed by atoms with E-state index < -0.39 is 12.1 Å². The van der Waals surface area contributed by atoms with Gasteiger partial charge in [-0.1, -0.05) is 43.2 Å². The third-order valence-electron chi connectivity index (χ3n) is 4.16. The van der Waals surface area contributed by atoms with Crippen LogP contribution in [0.15, 0.2) is 30.3 Å². The Morgan fingerprint density at radius 3 is 2.55 bits per heavy atom. The van der Waals surface area contributed by atoms with Gasteiger partial charge in [-0.3, -0.25) is 9.59 Å². The van der Waals surface area contributed by atoms with Crippen molar-refractivity contribution >= 4 is 11.8 Å². The average molecular weight is 272 g/mol. The number of benzene rings is 1. The smallest absolute Gasteiger partial charge is 0.248 e. The highest BCUT2D eigenvalue weighted by Crippen LogP contribution is 2.34. The van der Waals surface area contributed by atoms with Gasteiger partial charge in [0.15, 0.2) is 0 Å². The second-order valence-corrected chi connectivity index (χ2v) is 5.81. The highest BCUT2D eigenvalue weighted by Gasteiger charge is 2.39. The summed E-state index contributed by atoms with van der Waals surface area (Å²) < 4.78 is 0. The molecule has 2 fully saturated rings. The Labute approximate surface area is 119 Å². The van der Waals surface area contributed by atoms with E-state index in [-0.39, 0.29) is 11.8 Å². The molecule has 2 aliphatic rings. The fourth-order valence-corrected chi connectivity index (χ4v) is 2.81. The Balaban J connectivity index is 1.85. The van der Waals surface area contributed by atoms with E-state index in [1.807, 2.05) is 30.3 Å². The number of carbonyl (C=O) groups is 2. The normalized spacial score (nSPS) is 26.6. The zero-order chi connectivity index (χ0) is 14.1. The Bertz CT molecular complexity index is 510. The van der Waals surface area contributed by atoms with Crippen molar-refractivity contribution in [2.75, 3.05) is 6.54 Å². The number of rotatable bonds is 4. The van der Waals surface area contributed by atoms with Crippen LogP contribution in [0.1, 0.15) is 37.8 Å². The van der Waals surface area contributed by atoms with Gasteiger partial charge in [0.1, 0.15) is 12.1 Å².